The molecule has 0 amide bonds. The smallest absolute Gasteiger partial charge is 0.226 e. The zero-order valence-electron chi connectivity index (χ0n) is 22.6. The largest absolute Gasteiger partial charge is 0.493 e. The molecule has 0 aliphatic heterocycles. The highest BCUT2D eigenvalue weighted by molar-refractivity contribution is 5.55. The summed E-state index contributed by atoms with van der Waals surface area (Å²) in [6.07, 6.45) is 5.13. The predicted octanol–water partition coefficient (Wildman–Crippen LogP) is 7.75. The van der Waals surface area contributed by atoms with Crippen LogP contribution in [0.4, 0.5) is 0 Å². The number of hydrogen-bond donors (Lipinski definition) is 0. The number of carbonyl (C=O) groups excluding carboxylic acids is 1. The average Bonchev–Trinajstić information content (AvgIpc) is 3.58. The number of benzene rings is 3. The standard InChI is InChI=1S/C31H31NO4.C2H6/c1-2-30-29(17-19-34-27-14-15-28-23(16-18-33)8-9-25(28)20-27)32-31(36-30)24-10-12-26(13-11-24)35-21-22-6-4-3-5-7-22;1-2/h3-7,10-15,18,20,23H,2,8-9,16-17,19,21H2,1H3;1-2H3/t23-;/m1./s1. The summed E-state index contributed by atoms with van der Waals surface area (Å²) in [7, 11) is 0. The van der Waals surface area contributed by atoms with Crippen LogP contribution in [0.15, 0.2) is 77.2 Å². The van der Waals surface area contributed by atoms with Crippen molar-refractivity contribution in [3.05, 3.63) is 101 Å². The Morgan fingerprint density at radius 3 is 2.47 bits per heavy atom. The van der Waals surface area contributed by atoms with Crippen LogP contribution in [0.25, 0.3) is 11.5 Å². The van der Waals surface area contributed by atoms with E-state index in [4.69, 9.17) is 18.9 Å². The van der Waals surface area contributed by atoms with Crippen LogP contribution in [0.3, 0.4) is 0 Å². The van der Waals surface area contributed by atoms with E-state index in [9.17, 15) is 4.79 Å². The fourth-order valence-corrected chi connectivity index (χ4v) is 4.81. The Labute approximate surface area is 225 Å². The van der Waals surface area contributed by atoms with Crippen LogP contribution >= 0.6 is 0 Å². The van der Waals surface area contributed by atoms with Gasteiger partial charge < -0.3 is 18.7 Å². The monoisotopic (exact) mass is 511 g/mol. The molecule has 38 heavy (non-hydrogen) atoms. The summed E-state index contributed by atoms with van der Waals surface area (Å²) in [5, 5.41) is 0. The van der Waals surface area contributed by atoms with Crippen molar-refractivity contribution < 1.29 is 18.7 Å². The molecule has 0 bridgehead atoms. The lowest BCUT2D eigenvalue weighted by Crippen LogP contribution is -2.04. The van der Waals surface area contributed by atoms with E-state index in [1.807, 2.05) is 74.5 Å². The van der Waals surface area contributed by atoms with E-state index >= 15 is 0 Å². The molecule has 1 heterocycles. The van der Waals surface area contributed by atoms with Crippen LogP contribution in [0, 0.1) is 0 Å². The summed E-state index contributed by atoms with van der Waals surface area (Å²) < 4.78 is 18.0. The molecule has 198 valence electrons. The number of aldehydes is 1. The molecule has 0 saturated heterocycles. The summed E-state index contributed by atoms with van der Waals surface area (Å²) in [5.41, 5.74) is 5.58. The van der Waals surface area contributed by atoms with Crippen molar-refractivity contribution in [2.24, 2.45) is 0 Å². The van der Waals surface area contributed by atoms with Gasteiger partial charge in [-0.05, 0) is 71.8 Å². The summed E-state index contributed by atoms with van der Waals surface area (Å²) >= 11 is 0. The van der Waals surface area contributed by atoms with Crippen molar-refractivity contribution in [1.82, 2.24) is 4.98 Å². The minimum Gasteiger partial charge on any atom is -0.493 e. The van der Waals surface area contributed by atoms with Crippen molar-refractivity contribution in [2.45, 2.75) is 65.4 Å². The van der Waals surface area contributed by atoms with Gasteiger partial charge in [-0.25, -0.2) is 4.98 Å². The molecule has 0 fully saturated rings. The Hall–Kier alpha value is -3.86. The number of hydrogen-bond acceptors (Lipinski definition) is 5. The Morgan fingerprint density at radius 1 is 0.974 bits per heavy atom. The van der Waals surface area contributed by atoms with Gasteiger partial charge in [-0.1, -0.05) is 57.2 Å². The molecule has 1 aromatic heterocycles. The highest BCUT2D eigenvalue weighted by atomic mass is 16.5. The van der Waals surface area contributed by atoms with Crippen molar-refractivity contribution >= 4 is 6.29 Å². The number of aryl methyl sites for hydroxylation is 2. The number of nitrogens with zero attached hydrogens (tertiary/aromatic N) is 1. The first-order valence-corrected chi connectivity index (χ1v) is 13.7. The van der Waals surface area contributed by atoms with Gasteiger partial charge in [0.2, 0.25) is 5.89 Å². The fourth-order valence-electron chi connectivity index (χ4n) is 4.81. The van der Waals surface area contributed by atoms with Crippen LogP contribution in [0.5, 0.6) is 11.5 Å². The number of aromatic nitrogens is 1. The molecular weight excluding hydrogens is 474 g/mol. The molecule has 0 spiro atoms. The highest BCUT2D eigenvalue weighted by Crippen LogP contribution is 2.36. The SMILES string of the molecule is CC.CCc1oc(-c2ccc(OCc3ccccc3)cc2)nc1CCOc1ccc2c(c1)CC[C@@H]2CC=O. The van der Waals surface area contributed by atoms with E-state index in [0.717, 1.165) is 59.6 Å². The van der Waals surface area contributed by atoms with Gasteiger partial charge in [0.1, 0.15) is 30.2 Å². The molecule has 1 aliphatic carbocycles. The van der Waals surface area contributed by atoms with E-state index < -0.39 is 0 Å². The fraction of sp³-hybridized carbons (Fsp3) is 0.333. The molecule has 1 aliphatic rings. The second kappa shape index (κ2) is 13.6. The zero-order valence-corrected chi connectivity index (χ0v) is 22.6. The topological polar surface area (TPSA) is 61.6 Å². The Morgan fingerprint density at radius 2 is 1.74 bits per heavy atom. The van der Waals surface area contributed by atoms with E-state index in [2.05, 4.69) is 19.1 Å². The Bertz CT molecular complexity index is 1290. The molecule has 3 aromatic carbocycles. The van der Waals surface area contributed by atoms with E-state index in [0.29, 0.717) is 37.9 Å². The quantitative estimate of drug-likeness (QED) is 0.193. The van der Waals surface area contributed by atoms with Crippen LogP contribution in [-0.2, 0) is 30.7 Å². The summed E-state index contributed by atoms with van der Waals surface area (Å²) in [4.78, 5) is 15.7. The molecule has 0 N–H and O–H groups in total. The molecule has 1 atom stereocenters. The van der Waals surface area contributed by atoms with Gasteiger partial charge in [0, 0.05) is 24.8 Å². The molecule has 0 saturated carbocycles. The van der Waals surface area contributed by atoms with Gasteiger partial charge in [-0.3, -0.25) is 0 Å². The zero-order chi connectivity index (χ0) is 26.7. The maximum Gasteiger partial charge on any atom is 0.226 e. The Balaban J connectivity index is 0.00000164. The van der Waals surface area contributed by atoms with E-state index in [1.165, 1.54) is 11.1 Å². The lowest BCUT2D eigenvalue weighted by Gasteiger charge is -2.10. The lowest BCUT2D eigenvalue weighted by molar-refractivity contribution is -0.108. The first-order valence-electron chi connectivity index (χ1n) is 13.7. The molecule has 0 radical (unpaired) electrons. The molecular formula is C33H37NO4. The van der Waals surface area contributed by atoms with Crippen LogP contribution in [0.1, 0.15) is 67.7 Å². The third kappa shape index (κ3) is 6.71. The van der Waals surface area contributed by atoms with Crippen LogP contribution < -0.4 is 9.47 Å². The number of oxazole rings is 1. The van der Waals surface area contributed by atoms with Crippen LogP contribution in [0.2, 0.25) is 0 Å². The predicted molar refractivity (Wildman–Crippen MR) is 151 cm³/mol. The normalized spacial score (nSPS) is 13.8. The van der Waals surface area contributed by atoms with Gasteiger partial charge in [0.25, 0.3) is 0 Å². The summed E-state index contributed by atoms with van der Waals surface area (Å²) in [5.74, 6) is 3.55. The first-order chi connectivity index (χ1) is 18.7. The van der Waals surface area contributed by atoms with Crippen molar-refractivity contribution in [3.63, 3.8) is 0 Å². The van der Waals surface area contributed by atoms with Gasteiger partial charge in [0.15, 0.2) is 0 Å². The summed E-state index contributed by atoms with van der Waals surface area (Å²) in [6, 6.07) is 24.2. The second-order valence-electron chi connectivity index (χ2n) is 9.14. The highest BCUT2D eigenvalue weighted by Gasteiger charge is 2.22. The summed E-state index contributed by atoms with van der Waals surface area (Å²) in [6.45, 7) is 7.14. The second-order valence-corrected chi connectivity index (χ2v) is 9.14. The first kappa shape index (κ1) is 27.2. The molecule has 5 heteroatoms. The van der Waals surface area contributed by atoms with Gasteiger partial charge in [-0.15, -0.1) is 0 Å². The number of carbonyl (C=O) groups is 1. The third-order valence-corrected chi connectivity index (χ3v) is 6.75. The van der Waals surface area contributed by atoms with Crippen molar-refractivity contribution in [1.29, 1.82) is 0 Å². The Kier molecular flexibility index (Phi) is 9.74. The molecule has 0 unspecified atom stereocenters. The average molecular weight is 512 g/mol. The van der Waals surface area contributed by atoms with Crippen LogP contribution in [-0.4, -0.2) is 17.9 Å². The number of ether oxygens (including phenoxy) is 2. The van der Waals surface area contributed by atoms with Gasteiger partial charge in [-0.2, -0.15) is 0 Å². The number of rotatable bonds is 11. The molecule has 5 rings (SSSR count). The minimum absolute atomic E-state index is 0.358. The van der Waals surface area contributed by atoms with Crippen molar-refractivity contribution in [3.8, 4) is 23.0 Å². The van der Waals surface area contributed by atoms with Gasteiger partial charge >= 0.3 is 0 Å². The van der Waals surface area contributed by atoms with Gasteiger partial charge in [0.05, 0.1) is 12.3 Å². The molecule has 5 nitrogen and oxygen atoms in total. The third-order valence-electron chi connectivity index (χ3n) is 6.75. The minimum atomic E-state index is 0.358. The maximum atomic E-state index is 10.9. The van der Waals surface area contributed by atoms with E-state index in [1.54, 1.807) is 0 Å². The number of fused-ring (bicyclic) bond motifs is 1. The maximum absolute atomic E-state index is 10.9. The lowest BCUT2D eigenvalue weighted by atomic mass is 9.99. The molecule has 4 aromatic rings. The van der Waals surface area contributed by atoms with E-state index in [-0.39, 0.29) is 0 Å². The van der Waals surface area contributed by atoms with Crippen molar-refractivity contribution in [2.75, 3.05) is 6.61 Å².